The first kappa shape index (κ1) is 20.7. The minimum atomic E-state index is -0.460. The molecule has 150 valence electrons. The molecule has 1 amide bonds. The summed E-state index contributed by atoms with van der Waals surface area (Å²) in [5.74, 6) is 0.989. The first-order valence-electron chi connectivity index (χ1n) is 9.01. The molecule has 0 heterocycles. The van der Waals surface area contributed by atoms with Gasteiger partial charge < -0.3 is 14.8 Å². The zero-order valence-electron chi connectivity index (χ0n) is 16.4. The second-order valence-electron chi connectivity index (χ2n) is 6.39. The second-order valence-corrected chi connectivity index (χ2v) is 7.25. The molecule has 0 aliphatic rings. The van der Waals surface area contributed by atoms with Crippen LogP contribution in [-0.2, 0) is 4.79 Å². The summed E-state index contributed by atoms with van der Waals surface area (Å²) in [7, 11) is 3.14. The summed E-state index contributed by atoms with van der Waals surface area (Å²) in [6, 6.07) is 17.2. The smallest absolute Gasteiger partial charge is 0.262 e. The van der Waals surface area contributed by atoms with E-state index >= 15 is 0 Å². The van der Waals surface area contributed by atoms with Crippen molar-refractivity contribution in [2.24, 2.45) is 5.10 Å². The normalized spacial score (nSPS) is 12.0. The third-order valence-electron chi connectivity index (χ3n) is 4.41. The number of amides is 1. The van der Waals surface area contributed by atoms with Gasteiger partial charge >= 0.3 is 0 Å². The van der Waals surface area contributed by atoms with E-state index in [1.165, 1.54) is 6.21 Å². The number of fused-ring (bicyclic) bond motifs is 1. The minimum Gasteiger partial charge on any atom is -0.496 e. The highest BCUT2D eigenvalue weighted by Crippen LogP contribution is 2.31. The van der Waals surface area contributed by atoms with Gasteiger partial charge in [-0.25, -0.2) is 5.43 Å². The van der Waals surface area contributed by atoms with Crippen LogP contribution in [-0.4, -0.2) is 32.4 Å². The molecule has 3 aromatic rings. The van der Waals surface area contributed by atoms with E-state index in [-0.39, 0.29) is 5.91 Å². The molecule has 3 rings (SSSR count). The third kappa shape index (κ3) is 5.06. The predicted octanol–water partition coefficient (Wildman–Crippen LogP) is 4.57. The lowest BCUT2D eigenvalue weighted by Gasteiger charge is -2.14. The number of hydrogen-bond acceptors (Lipinski definition) is 5. The Balaban J connectivity index is 1.64. The first-order chi connectivity index (χ1) is 14.0. The number of halogens is 1. The fourth-order valence-electron chi connectivity index (χ4n) is 2.84. The van der Waals surface area contributed by atoms with Crippen molar-refractivity contribution in [2.45, 2.75) is 13.0 Å². The molecule has 0 saturated carbocycles. The lowest BCUT2D eigenvalue weighted by molar-refractivity contribution is -0.121. The molecule has 0 fully saturated rings. The number of hydrogen-bond donors (Lipinski definition) is 2. The summed E-state index contributed by atoms with van der Waals surface area (Å²) in [5.41, 5.74) is 4.13. The Kier molecular flexibility index (Phi) is 6.72. The molecule has 0 aliphatic heterocycles. The fraction of sp³-hybridized carbons (Fsp3) is 0.182. The van der Waals surface area contributed by atoms with E-state index in [9.17, 15) is 4.79 Å². The zero-order valence-corrected chi connectivity index (χ0v) is 18.0. The van der Waals surface area contributed by atoms with Gasteiger partial charge in [-0.15, -0.1) is 0 Å². The highest BCUT2D eigenvalue weighted by Gasteiger charge is 2.12. The van der Waals surface area contributed by atoms with Crippen LogP contribution in [0.2, 0.25) is 0 Å². The van der Waals surface area contributed by atoms with Crippen molar-refractivity contribution < 1.29 is 14.3 Å². The maximum atomic E-state index is 12.4. The molecule has 0 radical (unpaired) electrons. The van der Waals surface area contributed by atoms with E-state index in [2.05, 4.69) is 37.8 Å². The summed E-state index contributed by atoms with van der Waals surface area (Å²) in [6.45, 7) is 1.78. The minimum absolute atomic E-state index is 0.249. The average molecular weight is 456 g/mol. The van der Waals surface area contributed by atoms with Crippen LogP contribution in [0.3, 0.4) is 0 Å². The third-order valence-corrected chi connectivity index (χ3v) is 5.03. The van der Waals surface area contributed by atoms with Gasteiger partial charge in [-0.05, 0) is 51.8 Å². The van der Waals surface area contributed by atoms with Gasteiger partial charge in [0.05, 0.1) is 24.9 Å². The number of hydrazone groups is 1. The summed E-state index contributed by atoms with van der Waals surface area (Å²) < 4.78 is 11.4. The monoisotopic (exact) mass is 455 g/mol. The topological polar surface area (TPSA) is 72.0 Å². The van der Waals surface area contributed by atoms with Crippen LogP contribution in [0.5, 0.6) is 11.5 Å². The van der Waals surface area contributed by atoms with Crippen molar-refractivity contribution in [1.29, 1.82) is 0 Å². The molecule has 29 heavy (non-hydrogen) atoms. The number of nitrogens with zero attached hydrogens (tertiary/aromatic N) is 1. The number of ether oxygens (including phenoxy) is 2. The number of carbonyl (C=O) groups is 1. The van der Waals surface area contributed by atoms with E-state index < -0.39 is 6.04 Å². The number of carbonyl (C=O) groups excluding carboxylic acids is 1. The van der Waals surface area contributed by atoms with Gasteiger partial charge in [-0.1, -0.05) is 30.3 Å². The van der Waals surface area contributed by atoms with E-state index in [4.69, 9.17) is 9.47 Å². The molecule has 0 aromatic heterocycles. The molecule has 0 unspecified atom stereocenters. The number of rotatable bonds is 7. The van der Waals surface area contributed by atoms with Gasteiger partial charge in [0.25, 0.3) is 5.91 Å². The van der Waals surface area contributed by atoms with Crippen molar-refractivity contribution >= 4 is 44.5 Å². The largest absolute Gasteiger partial charge is 0.496 e. The fourth-order valence-corrected chi connectivity index (χ4v) is 3.36. The van der Waals surface area contributed by atoms with E-state index in [0.29, 0.717) is 17.1 Å². The lowest BCUT2D eigenvalue weighted by atomic mass is 10.1. The van der Waals surface area contributed by atoms with Crippen molar-refractivity contribution in [2.75, 3.05) is 19.5 Å². The molecular formula is C22H22BrN3O3. The Morgan fingerprint density at radius 3 is 2.48 bits per heavy atom. The molecule has 0 saturated heterocycles. The van der Waals surface area contributed by atoms with Crippen LogP contribution < -0.4 is 20.2 Å². The number of nitrogens with one attached hydrogen (secondary N) is 2. The molecule has 0 bridgehead atoms. The molecule has 2 N–H and O–H groups in total. The predicted molar refractivity (Wildman–Crippen MR) is 120 cm³/mol. The first-order valence-corrected chi connectivity index (χ1v) is 9.81. The standard InChI is InChI=1S/C22H22BrN3O3/c1-14(25-18-9-8-15-6-4-5-7-16(15)10-18)22(27)26-24-13-17-11-19(23)21(29-3)12-20(17)28-2/h4-14,25H,1-3H3,(H,26,27)/b24-13-/t14-/m0/s1. The Morgan fingerprint density at radius 1 is 1.03 bits per heavy atom. The molecule has 7 heteroatoms. The van der Waals surface area contributed by atoms with Gasteiger partial charge in [0.15, 0.2) is 0 Å². The van der Waals surface area contributed by atoms with Crippen LogP contribution in [0.4, 0.5) is 5.69 Å². The highest BCUT2D eigenvalue weighted by atomic mass is 79.9. The van der Waals surface area contributed by atoms with Crippen LogP contribution >= 0.6 is 15.9 Å². The Bertz CT molecular complexity index is 1050. The van der Waals surface area contributed by atoms with Crippen molar-refractivity contribution in [3.8, 4) is 11.5 Å². The molecule has 0 spiro atoms. The maximum absolute atomic E-state index is 12.4. The Morgan fingerprint density at radius 2 is 1.76 bits per heavy atom. The molecule has 3 aromatic carbocycles. The average Bonchev–Trinajstić information content (AvgIpc) is 2.73. The molecule has 0 aliphatic carbocycles. The Hall–Kier alpha value is -3.06. The quantitative estimate of drug-likeness (QED) is 0.404. The van der Waals surface area contributed by atoms with Crippen molar-refractivity contribution in [3.63, 3.8) is 0 Å². The van der Waals surface area contributed by atoms with Gasteiger partial charge in [0, 0.05) is 17.3 Å². The number of anilines is 1. The molecular weight excluding hydrogens is 434 g/mol. The SMILES string of the molecule is COc1cc(OC)c(/C=N\NC(=O)[C@H](C)Nc2ccc3ccccc3c2)cc1Br. The van der Waals surface area contributed by atoms with Crippen LogP contribution in [0.25, 0.3) is 10.8 Å². The van der Waals surface area contributed by atoms with Crippen LogP contribution in [0, 0.1) is 0 Å². The van der Waals surface area contributed by atoms with Gasteiger partial charge in [-0.2, -0.15) is 5.10 Å². The molecule has 1 atom stereocenters. The summed E-state index contributed by atoms with van der Waals surface area (Å²) in [5, 5.41) is 9.51. The van der Waals surface area contributed by atoms with E-state index in [1.54, 1.807) is 27.2 Å². The summed E-state index contributed by atoms with van der Waals surface area (Å²) in [4.78, 5) is 12.4. The maximum Gasteiger partial charge on any atom is 0.262 e. The van der Waals surface area contributed by atoms with Gasteiger partial charge in [-0.3, -0.25) is 4.79 Å². The van der Waals surface area contributed by atoms with Gasteiger partial charge in [0.2, 0.25) is 0 Å². The van der Waals surface area contributed by atoms with Crippen molar-refractivity contribution in [3.05, 3.63) is 64.6 Å². The highest BCUT2D eigenvalue weighted by molar-refractivity contribution is 9.10. The number of methoxy groups -OCH3 is 2. The van der Waals surface area contributed by atoms with E-state index in [1.807, 2.05) is 42.5 Å². The second kappa shape index (κ2) is 9.43. The summed E-state index contributed by atoms with van der Waals surface area (Å²) in [6.07, 6.45) is 1.53. The summed E-state index contributed by atoms with van der Waals surface area (Å²) >= 11 is 3.43. The number of benzene rings is 3. The van der Waals surface area contributed by atoms with Crippen LogP contribution in [0.15, 0.2) is 64.2 Å². The zero-order chi connectivity index (χ0) is 20.8. The lowest BCUT2D eigenvalue weighted by Crippen LogP contribution is -2.34. The van der Waals surface area contributed by atoms with Crippen molar-refractivity contribution in [1.82, 2.24) is 5.43 Å². The molecule has 6 nitrogen and oxygen atoms in total. The Labute approximate surface area is 178 Å². The van der Waals surface area contributed by atoms with E-state index in [0.717, 1.165) is 20.9 Å². The van der Waals surface area contributed by atoms with Crippen LogP contribution in [0.1, 0.15) is 12.5 Å². The van der Waals surface area contributed by atoms with Gasteiger partial charge in [0.1, 0.15) is 17.5 Å².